The van der Waals surface area contributed by atoms with Gasteiger partial charge in [0.05, 0.1) is 0 Å². The second kappa shape index (κ2) is 8.13. The average Bonchev–Trinajstić information content (AvgIpc) is 3.14. The Labute approximate surface area is 163 Å². The third-order valence-corrected chi connectivity index (χ3v) is 8.55. The van der Waals surface area contributed by atoms with Crippen LogP contribution in [0.4, 0.5) is 0 Å². The van der Waals surface area contributed by atoms with E-state index in [0.29, 0.717) is 0 Å². The van der Waals surface area contributed by atoms with Gasteiger partial charge in [-0.1, -0.05) is 0 Å². The van der Waals surface area contributed by atoms with Crippen LogP contribution < -0.4 is 0 Å². The number of nitrogens with zero attached hydrogens (tertiary/aromatic N) is 1. The fraction of sp³-hybridized carbons (Fsp3) is 0.333. The molecule has 0 fully saturated rings. The summed E-state index contributed by atoms with van der Waals surface area (Å²) in [5.41, 5.74) is 8.59. The molecule has 6 heteroatoms. The number of rotatable bonds is 2. The summed E-state index contributed by atoms with van der Waals surface area (Å²) in [7, 11) is 4.34. The average molecular weight is 390 g/mol. The van der Waals surface area contributed by atoms with E-state index in [-0.39, 0.29) is 0 Å². The van der Waals surface area contributed by atoms with Gasteiger partial charge in [0, 0.05) is 19.5 Å². The molecule has 3 aromatic rings. The molecule has 0 aliphatic carbocycles. The third kappa shape index (κ3) is 3.62. The quantitative estimate of drug-likeness (QED) is 0.350. The van der Waals surface area contributed by atoms with E-state index in [1.807, 2.05) is 34.0 Å². The van der Waals surface area contributed by atoms with Crippen molar-refractivity contribution in [2.75, 3.05) is 0 Å². The fourth-order valence-corrected chi connectivity index (χ4v) is 6.47. The van der Waals surface area contributed by atoms with Gasteiger partial charge in [-0.15, -0.1) is 34.0 Å². The van der Waals surface area contributed by atoms with Crippen LogP contribution in [0.1, 0.15) is 33.4 Å². The summed E-state index contributed by atoms with van der Waals surface area (Å²) in [5, 5.41) is 4.55. The topological polar surface area (TPSA) is 12.4 Å². The Morgan fingerprint density at radius 2 is 1.04 bits per heavy atom. The number of thiol groups is 1. The van der Waals surface area contributed by atoms with Crippen LogP contribution in [0.15, 0.2) is 15.1 Å². The van der Waals surface area contributed by atoms with Crippen LogP contribution in [-0.4, -0.2) is 7.64 Å². The van der Waals surface area contributed by atoms with Gasteiger partial charge in [0.2, 0.25) is 0 Å². The number of hydrogen-bond donors (Lipinski definition) is 1. The van der Waals surface area contributed by atoms with Gasteiger partial charge < -0.3 is 0 Å². The Morgan fingerprint density at radius 3 is 1.29 bits per heavy atom. The van der Waals surface area contributed by atoms with E-state index in [1.54, 1.807) is 0 Å². The molecule has 0 aromatic carbocycles. The minimum absolute atomic E-state index is 1.41. The van der Waals surface area contributed by atoms with Gasteiger partial charge in [0.15, 0.2) is 0 Å². The Balaban J connectivity index is 0.000000647. The Bertz CT molecular complexity index is 803. The van der Waals surface area contributed by atoms with Crippen LogP contribution in [0, 0.1) is 41.5 Å². The van der Waals surface area contributed by atoms with Crippen molar-refractivity contribution in [3.05, 3.63) is 44.1 Å². The van der Waals surface area contributed by atoms with Gasteiger partial charge in [0.25, 0.3) is 0 Å². The Kier molecular flexibility index (Phi) is 6.65. The first kappa shape index (κ1) is 19.6. The van der Waals surface area contributed by atoms with Crippen molar-refractivity contribution in [3.8, 4) is 19.5 Å². The van der Waals surface area contributed by atoms with E-state index in [2.05, 4.69) is 77.1 Å². The summed E-state index contributed by atoms with van der Waals surface area (Å²) in [4.78, 5) is 5.83. The number of thiophene rings is 3. The zero-order valence-corrected chi connectivity index (χ0v) is 18.2. The molecule has 0 saturated carbocycles. The molecule has 0 saturated heterocycles. The first-order valence-electron chi connectivity index (χ1n) is 7.57. The molecule has 24 heavy (non-hydrogen) atoms. The van der Waals surface area contributed by atoms with Crippen LogP contribution in [0.25, 0.3) is 19.5 Å². The predicted molar refractivity (Wildman–Crippen MR) is 117 cm³/mol. The van der Waals surface area contributed by atoms with Crippen molar-refractivity contribution in [2.45, 2.75) is 41.5 Å². The SMILES string of the molecule is Cc1csc(-c2sc(-c3scc(C)c3C)c(C)c2C)c1C.[B]=NS. The molecule has 0 atom stereocenters. The zero-order chi connectivity index (χ0) is 18.0. The zero-order valence-electron chi connectivity index (χ0n) is 14.9. The summed E-state index contributed by atoms with van der Waals surface area (Å²) in [6, 6.07) is 0. The first-order chi connectivity index (χ1) is 11.3. The Hall–Kier alpha value is -0.685. The van der Waals surface area contributed by atoms with Crippen molar-refractivity contribution in [3.63, 3.8) is 0 Å². The molecule has 3 aromatic heterocycles. The molecule has 0 spiro atoms. The maximum absolute atomic E-state index is 4.34. The van der Waals surface area contributed by atoms with Gasteiger partial charge >= 0.3 is 24.8 Å². The molecule has 0 bridgehead atoms. The summed E-state index contributed by atoms with van der Waals surface area (Å²) >= 11 is 8.93. The molecule has 0 aliphatic heterocycles. The van der Waals surface area contributed by atoms with Crippen molar-refractivity contribution in [1.29, 1.82) is 0 Å². The van der Waals surface area contributed by atoms with Gasteiger partial charge in [0.1, 0.15) is 0 Å². The molecular weight excluding hydrogens is 369 g/mol. The summed E-state index contributed by atoms with van der Waals surface area (Å²) in [6.45, 7) is 13.5. The molecule has 0 aliphatic rings. The number of aryl methyl sites for hydroxylation is 2. The summed E-state index contributed by atoms with van der Waals surface area (Å²) in [6.07, 6.45) is 0. The van der Waals surface area contributed by atoms with E-state index >= 15 is 0 Å². The second-order valence-electron chi connectivity index (χ2n) is 5.87. The number of hydrogen-bond acceptors (Lipinski definition) is 5. The molecule has 3 heterocycles. The molecule has 1 nitrogen and oxygen atoms in total. The summed E-state index contributed by atoms with van der Waals surface area (Å²) < 4.78 is 2.69. The molecular formula is C18H21BNS4. The third-order valence-electron chi connectivity index (χ3n) is 4.43. The minimum atomic E-state index is 1.41. The molecule has 0 N–H and O–H groups in total. The molecule has 1 radical (unpaired) electrons. The molecule has 0 amide bonds. The first-order valence-corrected chi connectivity index (χ1v) is 10.5. The van der Waals surface area contributed by atoms with Crippen LogP contribution in [-0.2, 0) is 0 Å². The van der Waals surface area contributed by atoms with Gasteiger partial charge in [-0.2, -0.15) is 0 Å². The van der Waals surface area contributed by atoms with Crippen LogP contribution >= 0.6 is 46.8 Å². The van der Waals surface area contributed by atoms with E-state index < -0.39 is 0 Å². The fourth-order valence-electron chi connectivity index (χ4n) is 2.48. The summed E-state index contributed by atoms with van der Waals surface area (Å²) in [5.74, 6) is 0. The second-order valence-corrected chi connectivity index (χ2v) is 8.88. The van der Waals surface area contributed by atoms with Crippen LogP contribution in [0.3, 0.4) is 0 Å². The van der Waals surface area contributed by atoms with Gasteiger partial charge in [-0.25, -0.2) is 0 Å². The molecule has 3 rings (SSSR count). The van der Waals surface area contributed by atoms with Gasteiger partial charge in [-0.05, 0) is 85.7 Å². The standard InChI is InChI=1S/C18H20S3.BHNS/c1-9-7-19-15(11(9)3)17-13(5)14(6)18(21-17)16-12(4)10(2)8-20-16;1-2-3/h7-8H,1-6H3;3H. The van der Waals surface area contributed by atoms with Crippen molar-refractivity contribution in [2.24, 2.45) is 4.30 Å². The van der Waals surface area contributed by atoms with Crippen molar-refractivity contribution in [1.82, 2.24) is 0 Å². The van der Waals surface area contributed by atoms with Gasteiger partial charge in [-0.3, -0.25) is 0 Å². The van der Waals surface area contributed by atoms with E-state index in [0.717, 1.165) is 0 Å². The molecule has 0 unspecified atom stereocenters. The molecule has 125 valence electrons. The van der Waals surface area contributed by atoms with E-state index in [9.17, 15) is 0 Å². The predicted octanol–water partition coefficient (Wildman–Crippen LogP) is 7.24. The van der Waals surface area contributed by atoms with Crippen LogP contribution in [0.2, 0.25) is 0 Å². The van der Waals surface area contributed by atoms with Crippen molar-refractivity contribution < 1.29 is 0 Å². The normalized spacial score (nSPS) is 10.4. The van der Waals surface area contributed by atoms with E-state index in [1.165, 1.54) is 52.9 Å². The van der Waals surface area contributed by atoms with E-state index in [4.69, 9.17) is 0 Å². The van der Waals surface area contributed by atoms with Crippen molar-refractivity contribution >= 4 is 54.5 Å². The maximum atomic E-state index is 4.34. The monoisotopic (exact) mass is 390 g/mol. The van der Waals surface area contributed by atoms with Crippen LogP contribution in [0.5, 0.6) is 0 Å². The Morgan fingerprint density at radius 1 is 0.708 bits per heavy atom.